The minimum Gasteiger partial charge on any atom is -0.348 e. The number of aromatic nitrogens is 1. The van der Waals surface area contributed by atoms with Crippen molar-refractivity contribution < 1.29 is 14.1 Å². The average molecular weight is 330 g/mol. The van der Waals surface area contributed by atoms with Gasteiger partial charge in [0.05, 0.1) is 10.6 Å². The standard InChI is InChI=1S/C16H15FN4O3/c1-19(15-7-6-11(10-18-15)21(23)24)14-8-9-20(16(14)22)13-5-3-2-4-12(13)17/h2-7,10,14H,8-9H2,1H3/t14-/m1/s1. The molecule has 0 bridgehead atoms. The Morgan fingerprint density at radius 3 is 2.71 bits per heavy atom. The molecule has 0 N–H and O–H groups in total. The maximum atomic E-state index is 13.9. The molecule has 124 valence electrons. The number of pyridine rings is 1. The minimum absolute atomic E-state index is 0.113. The monoisotopic (exact) mass is 330 g/mol. The minimum atomic E-state index is -0.530. The van der Waals surface area contributed by atoms with Crippen molar-refractivity contribution >= 4 is 23.1 Å². The first kappa shape index (κ1) is 15.9. The summed E-state index contributed by atoms with van der Waals surface area (Å²) in [6, 6.07) is 8.49. The molecule has 24 heavy (non-hydrogen) atoms. The van der Waals surface area contributed by atoms with E-state index in [9.17, 15) is 19.3 Å². The molecule has 0 aliphatic carbocycles. The van der Waals surface area contributed by atoms with Gasteiger partial charge in [0, 0.05) is 19.7 Å². The molecule has 1 aliphatic rings. The van der Waals surface area contributed by atoms with Gasteiger partial charge in [0.25, 0.3) is 5.69 Å². The highest BCUT2D eigenvalue weighted by molar-refractivity contribution is 6.01. The summed E-state index contributed by atoms with van der Waals surface area (Å²) < 4.78 is 13.9. The topological polar surface area (TPSA) is 79.6 Å². The molecule has 1 saturated heterocycles. The Bertz CT molecular complexity index is 781. The van der Waals surface area contributed by atoms with Crippen LogP contribution < -0.4 is 9.80 Å². The molecule has 1 aromatic heterocycles. The predicted octanol–water partition coefficient (Wildman–Crippen LogP) is 2.37. The largest absolute Gasteiger partial charge is 0.348 e. The van der Waals surface area contributed by atoms with Crippen molar-refractivity contribution in [3.8, 4) is 0 Å². The number of likely N-dealkylation sites (N-methyl/N-ethyl adjacent to an activating group) is 1. The van der Waals surface area contributed by atoms with Crippen LogP contribution in [0.5, 0.6) is 0 Å². The van der Waals surface area contributed by atoms with E-state index in [0.29, 0.717) is 18.8 Å². The molecule has 3 rings (SSSR count). The van der Waals surface area contributed by atoms with Crippen molar-refractivity contribution in [3.63, 3.8) is 0 Å². The van der Waals surface area contributed by atoms with E-state index in [1.807, 2.05) is 0 Å². The van der Waals surface area contributed by atoms with Gasteiger partial charge >= 0.3 is 0 Å². The SMILES string of the molecule is CN(c1ccc([N+](=O)[O-])cn1)[C@@H]1CCN(c2ccccc2F)C1=O. The summed E-state index contributed by atoms with van der Waals surface area (Å²) in [5.41, 5.74) is 0.146. The molecule has 0 saturated carbocycles. The molecule has 1 fully saturated rings. The van der Waals surface area contributed by atoms with Crippen molar-refractivity contribution in [2.24, 2.45) is 0 Å². The fraction of sp³-hybridized carbons (Fsp3) is 0.250. The molecule has 0 unspecified atom stereocenters. The van der Waals surface area contributed by atoms with Crippen molar-refractivity contribution in [2.45, 2.75) is 12.5 Å². The van der Waals surface area contributed by atoms with E-state index in [1.165, 1.54) is 23.1 Å². The molecule has 0 radical (unpaired) electrons. The number of hydrogen-bond donors (Lipinski definition) is 0. The summed E-state index contributed by atoms with van der Waals surface area (Å²) in [4.78, 5) is 29.9. The summed E-state index contributed by atoms with van der Waals surface area (Å²) in [7, 11) is 1.70. The van der Waals surface area contributed by atoms with Gasteiger partial charge in [0.15, 0.2) is 0 Å². The Labute approximate surface area is 137 Å². The third-order valence-corrected chi connectivity index (χ3v) is 4.09. The second-order valence-corrected chi connectivity index (χ2v) is 5.49. The quantitative estimate of drug-likeness (QED) is 0.635. The Kier molecular flexibility index (Phi) is 4.11. The van der Waals surface area contributed by atoms with Crippen molar-refractivity contribution in [3.05, 3.63) is 58.5 Å². The van der Waals surface area contributed by atoms with Gasteiger partial charge in [0.1, 0.15) is 23.9 Å². The van der Waals surface area contributed by atoms with Crippen LogP contribution in [0, 0.1) is 15.9 Å². The Morgan fingerprint density at radius 2 is 2.08 bits per heavy atom. The zero-order valence-electron chi connectivity index (χ0n) is 12.9. The second-order valence-electron chi connectivity index (χ2n) is 5.49. The number of nitro groups is 1. The van der Waals surface area contributed by atoms with Gasteiger partial charge in [-0.1, -0.05) is 12.1 Å². The highest BCUT2D eigenvalue weighted by Gasteiger charge is 2.36. The maximum Gasteiger partial charge on any atom is 0.287 e. The van der Waals surface area contributed by atoms with Gasteiger partial charge in [-0.05, 0) is 24.6 Å². The first-order valence-corrected chi connectivity index (χ1v) is 7.38. The first-order valence-electron chi connectivity index (χ1n) is 7.38. The third kappa shape index (κ3) is 2.78. The predicted molar refractivity (Wildman–Crippen MR) is 86.5 cm³/mol. The number of benzene rings is 1. The summed E-state index contributed by atoms with van der Waals surface area (Å²) in [5, 5.41) is 10.7. The molecule has 0 spiro atoms. The summed E-state index contributed by atoms with van der Waals surface area (Å²) >= 11 is 0. The van der Waals surface area contributed by atoms with Crippen LogP contribution in [0.3, 0.4) is 0 Å². The van der Waals surface area contributed by atoms with Crippen LogP contribution in [0.15, 0.2) is 42.6 Å². The molecule has 1 aromatic carbocycles. The number of nitrogens with zero attached hydrogens (tertiary/aromatic N) is 4. The Balaban J connectivity index is 1.79. The molecule has 7 nitrogen and oxygen atoms in total. The van der Waals surface area contributed by atoms with Crippen molar-refractivity contribution in [2.75, 3.05) is 23.4 Å². The highest BCUT2D eigenvalue weighted by Crippen LogP contribution is 2.28. The lowest BCUT2D eigenvalue weighted by molar-refractivity contribution is -0.385. The number of carbonyl (C=O) groups excluding carboxylic acids is 1. The van der Waals surface area contributed by atoms with Crippen LogP contribution in [-0.2, 0) is 4.79 Å². The smallest absolute Gasteiger partial charge is 0.287 e. The number of rotatable bonds is 4. The van der Waals surface area contributed by atoms with Gasteiger partial charge in [-0.25, -0.2) is 9.37 Å². The average Bonchev–Trinajstić information content (AvgIpc) is 2.96. The summed E-state index contributed by atoms with van der Waals surface area (Å²) in [5.74, 6) is -0.209. The van der Waals surface area contributed by atoms with E-state index < -0.39 is 16.8 Å². The zero-order chi connectivity index (χ0) is 17.3. The molecular formula is C16H15FN4O3. The van der Waals surface area contributed by atoms with E-state index in [0.717, 1.165) is 6.20 Å². The number of anilines is 2. The lowest BCUT2D eigenvalue weighted by Gasteiger charge is -2.24. The normalized spacial score (nSPS) is 17.2. The lowest BCUT2D eigenvalue weighted by atomic mass is 10.2. The molecule has 2 heterocycles. The molecule has 2 aromatic rings. The number of amides is 1. The van der Waals surface area contributed by atoms with Crippen LogP contribution in [-0.4, -0.2) is 35.4 Å². The van der Waals surface area contributed by atoms with E-state index in [-0.39, 0.29) is 17.3 Å². The third-order valence-electron chi connectivity index (χ3n) is 4.09. The van der Waals surface area contributed by atoms with Gasteiger partial charge in [-0.2, -0.15) is 0 Å². The van der Waals surface area contributed by atoms with E-state index in [2.05, 4.69) is 4.98 Å². The van der Waals surface area contributed by atoms with Gasteiger partial charge in [-0.3, -0.25) is 14.9 Å². The second kappa shape index (κ2) is 6.23. The van der Waals surface area contributed by atoms with E-state index in [4.69, 9.17) is 0 Å². The molecule has 1 amide bonds. The van der Waals surface area contributed by atoms with Crippen molar-refractivity contribution in [1.82, 2.24) is 4.98 Å². The van der Waals surface area contributed by atoms with Gasteiger partial charge in [0.2, 0.25) is 5.91 Å². The van der Waals surface area contributed by atoms with Crippen LogP contribution in [0.4, 0.5) is 21.6 Å². The van der Waals surface area contributed by atoms with Crippen LogP contribution in [0.2, 0.25) is 0 Å². The highest BCUT2D eigenvalue weighted by atomic mass is 19.1. The Morgan fingerprint density at radius 1 is 1.33 bits per heavy atom. The number of para-hydroxylation sites is 1. The lowest BCUT2D eigenvalue weighted by Crippen LogP contribution is -2.40. The summed E-state index contributed by atoms with van der Waals surface area (Å²) in [6.07, 6.45) is 1.67. The fourth-order valence-corrected chi connectivity index (χ4v) is 2.79. The van der Waals surface area contributed by atoms with E-state index >= 15 is 0 Å². The fourth-order valence-electron chi connectivity index (χ4n) is 2.79. The molecule has 1 aliphatic heterocycles. The van der Waals surface area contributed by atoms with E-state index in [1.54, 1.807) is 30.1 Å². The number of carbonyl (C=O) groups is 1. The van der Waals surface area contributed by atoms with Gasteiger partial charge in [-0.15, -0.1) is 0 Å². The molecule has 1 atom stereocenters. The molecular weight excluding hydrogens is 315 g/mol. The maximum absolute atomic E-state index is 13.9. The van der Waals surface area contributed by atoms with Crippen LogP contribution in [0.1, 0.15) is 6.42 Å². The van der Waals surface area contributed by atoms with Crippen LogP contribution >= 0.6 is 0 Å². The number of halogens is 1. The molecule has 8 heteroatoms. The van der Waals surface area contributed by atoms with Crippen LogP contribution in [0.25, 0.3) is 0 Å². The summed E-state index contributed by atoms with van der Waals surface area (Å²) in [6.45, 7) is 0.405. The number of hydrogen-bond acceptors (Lipinski definition) is 5. The van der Waals surface area contributed by atoms with Crippen molar-refractivity contribution in [1.29, 1.82) is 0 Å². The zero-order valence-corrected chi connectivity index (χ0v) is 12.9. The van der Waals surface area contributed by atoms with Gasteiger partial charge < -0.3 is 9.80 Å². The Hall–Kier alpha value is -3.03. The first-order chi connectivity index (χ1) is 11.5.